The van der Waals surface area contributed by atoms with Gasteiger partial charge in [-0.1, -0.05) is 13.3 Å². The monoisotopic (exact) mass is 284 g/mol. The van der Waals surface area contributed by atoms with Gasteiger partial charge in [-0.2, -0.15) is 0 Å². The average Bonchev–Trinajstić information content (AvgIpc) is 2.86. The maximum Gasteiger partial charge on any atom is 0.317 e. The van der Waals surface area contributed by atoms with Gasteiger partial charge in [0.2, 0.25) is 0 Å². The van der Waals surface area contributed by atoms with E-state index in [4.69, 9.17) is 4.74 Å². The van der Waals surface area contributed by atoms with E-state index in [0.29, 0.717) is 32.5 Å². The Kier molecular flexibility index (Phi) is 4.86. The van der Waals surface area contributed by atoms with Gasteiger partial charge < -0.3 is 20.1 Å². The molecule has 2 fully saturated rings. The molecule has 2 heterocycles. The summed E-state index contributed by atoms with van der Waals surface area (Å²) in [7, 11) is 0. The van der Waals surface area contributed by atoms with Crippen LogP contribution < -0.4 is 5.32 Å². The number of urea groups is 1. The molecule has 2 aliphatic rings. The summed E-state index contributed by atoms with van der Waals surface area (Å²) >= 11 is 0. The van der Waals surface area contributed by atoms with E-state index in [9.17, 15) is 14.7 Å². The molecular weight excluding hydrogens is 260 g/mol. The highest BCUT2D eigenvalue weighted by atomic mass is 16.5. The van der Waals surface area contributed by atoms with E-state index >= 15 is 0 Å². The van der Waals surface area contributed by atoms with E-state index in [-0.39, 0.29) is 12.1 Å². The Morgan fingerprint density at radius 1 is 1.50 bits per heavy atom. The van der Waals surface area contributed by atoms with Crippen molar-refractivity contribution < 1.29 is 19.4 Å². The van der Waals surface area contributed by atoms with Gasteiger partial charge in [0.25, 0.3) is 0 Å². The van der Waals surface area contributed by atoms with Crippen LogP contribution in [0.2, 0.25) is 0 Å². The Morgan fingerprint density at radius 3 is 2.90 bits per heavy atom. The number of carboxylic acid groups (broad SMARTS) is 1. The van der Waals surface area contributed by atoms with Gasteiger partial charge in [0.1, 0.15) is 0 Å². The minimum absolute atomic E-state index is 0.0576. The van der Waals surface area contributed by atoms with Crippen molar-refractivity contribution in [3.63, 3.8) is 0 Å². The Hall–Kier alpha value is -1.30. The molecule has 2 amide bonds. The fraction of sp³-hybridized carbons (Fsp3) is 0.857. The molecule has 2 aliphatic heterocycles. The maximum atomic E-state index is 12.2. The fourth-order valence-electron chi connectivity index (χ4n) is 3.13. The van der Waals surface area contributed by atoms with E-state index in [2.05, 4.69) is 5.32 Å². The Morgan fingerprint density at radius 2 is 2.30 bits per heavy atom. The van der Waals surface area contributed by atoms with Gasteiger partial charge in [-0.15, -0.1) is 0 Å². The standard InChI is InChI=1S/C14H24N2O4/c1-2-5-14(12(17)18)6-7-16(10-14)13(19)15-11-4-3-8-20-9-11/h11H,2-10H2,1H3,(H,15,19)(H,17,18). The van der Waals surface area contributed by atoms with Crippen LogP contribution >= 0.6 is 0 Å². The summed E-state index contributed by atoms with van der Waals surface area (Å²) in [5, 5.41) is 12.4. The number of nitrogens with one attached hydrogen (secondary N) is 1. The van der Waals surface area contributed by atoms with Gasteiger partial charge in [0.15, 0.2) is 0 Å². The number of nitrogens with zero attached hydrogens (tertiary/aromatic N) is 1. The van der Waals surface area contributed by atoms with Crippen LogP contribution in [0.1, 0.15) is 39.0 Å². The van der Waals surface area contributed by atoms with Crippen molar-refractivity contribution in [1.82, 2.24) is 10.2 Å². The van der Waals surface area contributed by atoms with Gasteiger partial charge in [0.05, 0.1) is 18.1 Å². The molecule has 0 aromatic rings. The predicted molar refractivity (Wildman–Crippen MR) is 73.5 cm³/mol. The van der Waals surface area contributed by atoms with Crippen LogP contribution in [0.5, 0.6) is 0 Å². The Bertz CT molecular complexity index is 368. The lowest BCUT2D eigenvalue weighted by Gasteiger charge is -2.27. The molecule has 2 saturated heterocycles. The first-order valence-electron chi connectivity index (χ1n) is 7.44. The number of carbonyl (C=O) groups excluding carboxylic acids is 1. The van der Waals surface area contributed by atoms with Crippen molar-refractivity contribution in [1.29, 1.82) is 0 Å². The molecule has 0 aromatic carbocycles. The van der Waals surface area contributed by atoms with Gasteiger partial charge in [-0.25, -0.2) is 4.79 Å². The molecule has 2 unspecified atom stereocenters. The van der Waals surface area contributed by atoms with Crippen LogP contribution in [0.3, 0.4) is 0 Å². The number of rotatable bonds is 4. The third kappa shape index (κ3) is 3.23. The molecule has 0 aromatic heterocycles. The van der Waals surface area contributed by atoms with Crippen molar-refractivity contribution in [2.24, 2.45) is 5.41 Å². The number of aliphatic carboxylic acids is 1. The predicted octanol–water partition coefficient (Wildman–Crippen LogP) is 1.45. The third-order valence-corrected chi connectivity index (χ3v) is 4.31. The van der Waals surface area contributed by atoms with E-state index < -0.39 is 11.4 Å². The van der Waals surface area contributed by atoms with Crippen molar-refractivity contribution >= 4 is 12.0 Å². The quantitative estimate of drug-likeness (QED) is 0.819. The normalized spacial score (nSPS) is 30.2. The maximum absolute atomic E-state index is 12.2. The average molecular weight is 284 g/mol. The number of amides is 2. The zero-order valence-corrected chi connectivity index (χ0v) is 12.1. The molecule has 6 nitrogen and oxygen atoms in total. The molecular formula is C14H24N2O4. The molecule has 0 radical (unpaired) electrons. The second kappa shape index (κ2) is 6.43. The molecule has 114 valence electrons. The van der Waals surface area contributed by atoms with Crippen molar-refractivity contribution in [3.05, 3.63) is 0 Å². The lowest BCUT2D eigenvalue weighted by molar-refractivity contribution is -0.148. The van der Waals surface area contributed by atoms with Crippen LogP contribution in [0.15, 0.2) is 0 Å². The lowest BCUT2D eigenvalue weighted by Crippen LogP contribution is -2.48. The van der Waals surface area contributed by atoms with Gasteiger partial charge in [-0.05, 0) is 25.7 Å². The molecule has 0 spiro atoms. The second-order valence-corrected chi connectivity index (χ2v) is 5.87. The number of likely N-dealkylation sites (tertiary alicyclic amines) is 1. The van der Waals surface area contributed by atoms with Gasteiger partial charge in [0, 0.05) is 19.7 Å². The molecule has 0 saturated carbocycles. The fourth-order valence-corrected chi connectivity index (χ4v) is 3.13. The Labute approximate surface area is 119 Å². The van der Waals surface area contributed by atoms with Gasteiger partial charge >= 0.3 is 12.0 Å². The smallest absolute Gasteiger partial charge is 0.317 e. The summed E-state index contributed by atoms with van der Waals surface area (Å²) in [5.41, 5.74) is -0.755. The molecule has 0 bridgehead atoms. The summed E-state index contributed by atoms with van der Waals surface area (Å²) in [6, 6.07) is -0.0954. The number of hydrogen-bond acceptors (Lipinski definition) is 3. The van der Waals surface area contributed by atoms with Crippen molar-refractivity contribution in [2.45, 2.75) is 45.1 Å². The van der Waals surface area contributed by atoms with E-state index in [1.807, 2.05) is 6.92 Å². The molecule has 2 N–H and O–H groups in total. The van der Waals surface area contributed by atoms with E-state index in [0.717, 1.165) is 25.9 Å². The minimum atomic E-state index is -0.782. The zero-order valence-electron chi connectivity index (χ0n) is 12.1. The molecule has 2 atom stereocenters. The highest BCUT2D eigenvalue weighted by Crippen LogP contribution is 2.35. The summed E-state index contributed by atoms with van der Waals surface area (Å²) in [5.74, 6) is -0.782. The van der Waals surface area contributed by atoms with Crippen molar-refractivity contribution in [2.75, 3.05) is 26.3 Å². The van der Waals surface area contributed by atoms with Crippen LogP contribution in [-0.4, -0.2) is 54.4 Å². The first-order valence-corrected chi connectivity index (χ1v) is 7.44. The minimum Gasteiger partial charge on any atom is -0.481 e. The summed E-state index contributed by atoms with van der Waals surface area (Å²) in [4.78, 5) is 25.3. The molecule has 2 rings (SSSR count). The summed E-state index contributed by atoms with van der Waals surface area (Å²) < 4.78 is 5.34. The van der Waals surface area contributed by atoms with E-state index in [1.54, 1.807) is 4.90 Å². The summed E-state index contributed by atoms with van der Waals surface area (Å²) in [6.07, 6.45) is 3.88. The van der Waals surface area contributed by atoms with Crippen LogP contribution in [0, 0.1) is 5.41 Å². The molecule has 6 heteroatoms. The van der Waals surface area contributed by atoms with Crippen molar-refractivity contribution in [3.8, 4) is 0 Å². The number of hydrogen-bond donors (Lipinski definition) is 2. The van der Waals surface area contributed by atoms with E-state index in [1.165, 1.54) is 0 Å². The van der Waals surface area contributed by atoms with Crippen LogP contribution in [0.4, 0.5) is 4.79 Å². The number of carbonyl (C=O) groups is 2. The lowest BCUT2D eigenvalue weighted by atomic mass is 9.83. The SMILES string of the molecule is CCCC1(C(=O)O)CCN(C(=O)NC2CCCOC2)C1. The number of carboxylic acids is 1. The first kappa shape index (κ1) is 15.1. The second-order valence-electron chi connectivity index (χ2n) is 5.87. The topological polar surface area (TPSA) is 78.9 Å². The first-order chi connectivity index (χ1) is 9.57. The highest BCUT2D eigenvalue weighted by Gasteiger charge is 2.45. The highest BCUT2D eigenvalue weighted by molar-refractivity contribution is 5.79. The van der Waals surface area contributed by atoms with Crippen LogP contribution in [-0.2, 0) is 9.53 Å². The zero-order chi connectivity index (χ0) is 14.6. The van der Waals surface area contributed by atoms with Crippen LogP contribution in [0.25, 0.3) is 0 Å². The molecule has 20 heavy (non-hydrogen) atoms. The molecule has 0 aliphatic carbocycles. The Balaban J connectivity index is 1.90. The summed E-state index contributed by atoms with van der Waals surface area (Å²) in [6.45, 7) is 4.13. The third-order valence-electron chi connectivity index (χ3n) is 4.31. The largest absolute Gasteiger partial charge is 0.481 e. The number of ether oxygens (including phenoxy) is 1. The van der Waals surface area contributed by atoms with Gasteiger partial charge in [-0.3, -0.25) is 4.79 Å².